The van der Waals surface area contributed by atoms with Crippen LogP contribution in [0.2, 0.25) is 0 Å². The molecule has 0 amide bonds. The minimum Gasteiger partial charge on any atom is -0.493 e. The largest absolute Gasteiger partial charge is 0.493 e. The normalized spacial score (nSPS) is 10.5. The molecule has 112 valence electrons. The second-order valence-corrected chi connectivity index (χ2v) is 4.74. The van der Waals surface area contributed by atoms with Crippen LogP contribution in [0.3, 0.4) is 0 Å². The summed E-state index contributed by atoms with van der Waals surface area (Å²) in [6, 6.07) is 10.6. The van der Waals surface area contributed by atoms with Crippen LogP contribution in [0.5, 0.6) is 17.2 Å². The third kappa shape index (κ3) is 3.73. The van der Waals surface area contributed by atoms with Gasteiger partial charge in [0.2, 0.25) is 0 Å². The van der Waals surface area contributed by atoms with E-state index >= 15 is 0 Å². The Kier molecular flexibility index (Phi) is 5.17. The van der Waals surface area contributed by atoms with E-state index in [0.717, 1.165) is 17.5 Å². The van der Waals surface area contributed by atoms with Gasteiger partial charge in [-0.2, -0.15) is 0 Å². The van der Waals surface area contributed by atoms with Crippen LogP contribution in [-0.2, 0) is 13.0 Å². The molecule has 0 saturated heterocycles. The third-order valence-electron chi connectivity index (χ3n) is 3.23. The molecular formula is C17H20FNO2. The first-order chi connectivity index (χ1) is 10.2. The van der Waals surface area contributed by atoms with Gasteiger partial charge in [-0.1, -0.05) is 19.1 Å². The fraction of sp³-hybridized carbons (Fsp3) is 0.294. The van der Waals surface area contributed by atoms with Gasteiger partial charge in [-0.05, 0) is 48.9 Å². The lowest BCUT2D eigenvalue weighted by Crippen LogP contribution is -2.05. The van der Waals surface area contributed by atoms with Crippen molar-refractivity contribution in [2.24, 2.45) is 0 Å². The number of hydrogen-bond donors (Lipinski definition) is 1. The van der Waals surface area contributed by atoms with E-state index in [2.05, 4.69) is 12.2 Å². The Hall–Kier alpha value is -2.07. The van der Waals surface area contributed by atoms with Gasteiger partial charge >= 0.3 is 0 Å². The first-order valence-corrected chi connectivity index (χ1v) is 6.95. The smallest absolute Gasteiger partial charge is 0.169 e. The standard InChI is InChI=1S/C17H20FNO2/c1-4-12-5-8-16(17(10-12)20-3)21-15-7-6-13(11-19-2)9-14(15)18/h5-10,19H,4,11H2,1-3H3. The van der Waals surface area contributed by atoms with Gasteiger partial charge in [-0.15, -0.1) is 0 Å². The topological polar surface area (TPSA) is 30.5 Å². The molecule has 2 rings (SSSR count). The Labute approximate surface area is 124 Å². The molecule has 0 radical (unpaired) electrons. The third-order valence-corrected chi connectivity index (χ3v) is 3.23. The molecule has 2 aromatic rings. The number of hydrogen-bond acceptors (Lipinski definition) is 3. The Balaban J connectivity index is 2.25. The molecule has 0 aliphatic carbocycles. The van der Waals surface area contributed by atoms with E-state index in [-0.39, 0.29) is 11.6 Å². The van der Waals surface area contributed by atoms with E-state index in [9.17, 15) is 4.39 Å². The number of nitrogens with one attached hydrogen (secondary N) is 1. The van der Waals surface area contributed by atoms with E-state index in [1.165, 1.54) is 6.07 Å². The maximum Gasteiger partial charge on any atom is 0.169 e. The van der Waals surface area contributed by atoms with Crippen LogP contribution in [0.4, 0.5) is 4.39 Å². The minimum atomic E-state index is -0.385. The second-order valence-electron chi connectivity index (χ2n) is 4.74. The molecule has 0 unspecified atom stereocenters. The highest BCUT2D eigenvalue weighted by atomic mass is 19.1. The Morgan fingerprint density at radius 3 is 2.33 bits per heavy atom. The molecule has 1 N–H and O–H groups in total. The van der Waals surface area contributed by atoms with Crippen molar-refractivity contribution in [1.29, 1.82) is 0 Å². The van der Waals surface area contributed by atoms with E-state index in [1.807, 2.05) is 25.2 Å². The van der Waals surface area contributed by atoms with Crippen LogP contribution in [0, 0.1) is 5.82 Å². The summed E-state index contributed by atoms with van der Waals surface area (Å²) in [4.78, 5) is 0. The highest BCUT2D eigenvalue weighted by Gasteiger charge is 2.10. The summed E-state index contributed by atoms with van der Waals surface area (Å²) >= 11 is 0. The van der Waals surface area contributed by atoms with Crippen molar-refractivity contribution in [1.82, 2.24) is 5.32 Å². The van der Waals surface area contributed by atoms with Crippen LogP contribution in [-0.4, -0.2) is 14.2 Å². The highest BCUT2D eigenvalue weighted by molar-refractivity contribution is 5.46. The Bertz CT molecular complexity index is 614. The number of rotatable bonds is 6. The van der Waals surface area contributed by atoms with Gasteiger partial charge < -0.3 is 14.8 Å². The minimum absolute atomic E-state index is 0.192. The van der Waals surface area contributed by atoms with Gasteiger partial charge in [0.25, 0.3) is 0 Å². The molecule has 21 heavy (non-hydrogen) atoms. The zero-order chi connectivity index (χ0) is 15.2. The zero-order valence-electron chi connectivity index (χ0n) is 12.6. The van der Waals surface area contributed by atoms with Crippen molar-refractivity contribution in [2.75, 3.05) is 14.2 Å². The highest BCUT2D eigenvalue weighted by Crippen LogP contribution is 2.33. The van der Waals surface area contributed by atoms with Crippen LogP contribution in [0.1, 0.15) is 18.1 Å². The summed E-state index contributed by atoms with van der Waals surface area (Å²) < 4.78 is 25.0. The predicted octanol–water partition coefficient (Wildman–Crippen LogP) is 3.91. The SMILES string of the molecule is CCc1ccc(Oc2ccc(CNC)cc2F)c(OC)c1. The van der Waals surface area contributed by atoms with Crippen molar-refractivity contribution in [2.45, 2.75) is 19.9 Å². The summed E-state index contributed by atoms with van der Waals surface area (Å²) in [7, 11) is 3.40. The lowest BCUT2D eigenvalue weighted by molar-refractivity contribution is 0.370. The van der Waals surface area contributed by atoms with Crippen LogP contribution in [0.15, 0.2) is 36.4 Å². The van der Waals surface area contributed by atoms with Gasteiger partial charge in [-0.25, -0.2) is 4.39 Å². The summed E-state index contributed by atoms with van der Waals surface area (Å²) in [5.74, 6) is 0.921. The van der Waals surface area contributed by atoms with Gasteiger partial charge in [0.15, 0.2) is 23.1 Å². The number of aryl methyl sites for hydroxylation is 1. The summed E-state index contributed by atoms with van der Waals surface area (Å²) in [6.07, 6.45) is 0.906. The van der Waals surface area contributed by atoms with Gasteiger partial charge in [0.1, 0.15) is 0 Å². The molecular weight excluding hydrogens is 269 g/mol. The lowest BCUT2D eigenvalue weighted by atomic mass is 10.1. The molecule has 2 aromatic carbocycles. The molecule has 0 aliphatic heterocycles. The van der Waals surface area contributed by atoms with Gasteiger partial charge in [0, 0.05) is 6.54 Å². The van der Waals surface area contributed by atoms with Crippen LogP contribution >= 0.6 is 0 Å². The molecule has 0 aliphatic rings. The van der Waals surface area contributed by atoms with Crippen molar-refractivity contribution >= 4 is 0 Å². The monoisotopic (exact) mass is 289 g/mol. The van der Waals surface area contributed by atoms with Crippen molar-refractivity contribution < 1.29 is 13.9 Å². The van der Waals surface area contributed by atoms with Gasteiger partial charge in [-0.3, -0.25) is 0 Å². The van der Waals surface area contributed by atoms with Crippen molar-refractivity contribution in [3.05, 3.63) is 53.3 Å². The molecule has 4 heteroatoms. The number of benzene rings is 2. The fourth-order valence-corrected chi connectivity index (χ4v) is 2.08. The average Bonchev–Trinajstić information content (AvgIpc) is 2.50. The molecule has 3 nitrogen and oxygen atoms in total. The van der Waals surface area contributed by atoms with Gasteiger partial charge in [0.05, 0.1) is 7.11 Å². The number of halogens is 1. The summed E-state index contributed by atoms with van der Waals surface area (Å²) in [6.45, 7) is 2.68. The molecule has 0 heterocycles. The number of methoxy groups -OCH3 is 1. The average molecular weight is 289 g/mol. The second kappa shape index (κ2) is 7.09. The summed E-state index contributed by atoms with van der Waals surface area (Å²) in [5, 5.41) is 2.98. The molecule has 0 saturated carbocycles. The molecule has 0 spiro atoms. The van der Waals surface area contributed by atoms with Crippen molar-refractivity contribution in [3.8, 4) is 17.2 Å². The maximum absolute atomic E-state index is 14.0. The lowest BCUT2D eigenvalue weighted by Gasteiger charge is -2.12. The maximum atomic E-state index is 14.0. The zero-order valence-corrected chi connectivity index (χ0v) is 12.6. The van der Waals surface area contributed by atoms with Crippen molar-refractivity contribution in [3.63, 3.8) is 0 Å². The fourth-order valence-electron chi connectivity index (χ4n) is 2.08. The van der Waals surface area contributed by atoms with E-state index in [0.29, 0.717) is 18.0 Å². The predicted molar refractivity (Wildman–Crippen MR) is 81.6 cm³/mol. The molecule has 0 aromatic heterocycles. The quantitative estimate of drug-likeness (QED) is 0.874. The van der Waals surface area contributed by atoms with Crippen LogP contribution in [0.25, 0.3) is 0 Å². The Morgan fingerprint density at radius 1 is 1.00 bits per heavy atom. The summed E-state index contributed by atoms with van der Waals surface area (Å²) in [5.41, 5.74) is 2.01. The number of ether oxygens (including phenoxy) is 2. The van der Waals surface area contributed by atoms with E-state index in [4.69, 9.17) is 9.47 Å². The first-order valence-electron chi connectivity index (χ1n) is 6.95. The molecule has 0 atom stereocenters. The van der Waals surface area contributed by atoms with E-state index in [1.54, 1.807) is 19.2 Å². The first kappa shape index (κ1) is 15.3. The van der Waals surface area contributed by atoms with Crippen LogP contribution < -0.4 is 14.8 Å². The molecule has 0 fully saturated rings. The van der Waals surface area contributed by atoms with E-state index < -0.39 is 0 Å². The molecule has 0 bridgehead atoms. The Morgan fingerprint density at radius 2 is 1.71 bits per heavy atom.